The zero-order valence-electron chi connectivity index (χ0n) is 12.7. The first-order chi connectivity index (χ1) is 11.2. The molecule has 5 heteroatoms. The van der Waals surface area contributed by atoms with E-state index < -0.39 is 0 Å². The molecular formula is C18H14N2O2S. The molecule has 4 nitrogen and oxygen atoms in total. The molecule has 0 N–H and O–H groups in total. The molecule has 0 aliphatic heterocycles. The molecular weight excluding hydrogens is 308 g/mol. The highest BCUT2D eigenvalue weighted by Gasteiger charge is 2.09. The lowest BCUT2D eigenvalue weighted by Crippen LogP contribution is -1.92. The monoisotopic (exact) mass is 322 g/mol. The number of methoxy groups -OCH3 is 2. The molecule has 0 saturated heterocycles. The van der Waals surface area contributed by atoms with E-state index in [4.69, 9.17) is 9.47 Å². The standard InChI is InChI=1S/C18H14N2O2S/c1-21-15-8-7-12(9-16(15)22-2)13(11-19)10-18-20-14-5-3-4-6-17(14)23-18/h3-10H,1-2H3/b13-10+. The normalized spacial score (nSPS) is 11.3. The van der Waals surface area contributed by atoms with Crippen molar-refractivity contribution in [1.82, 2.24) is 4.98 Å². The fourth-order valence-electron chi connectivity index (χ4n) is 2.26. The Kier molecular flexibility index (Phi) is 4.26. The van der Waals surface area contributed by atoms with Gasteiger partial charge in [-0.05, 0) is 42.0 Å². The van der Waals surface area contributed by atoms with E-state index in [1.165, 1.54) is 0 Å². The van der Waals surface area contributed by atoms with Crippen molar-refractivity contribution in [2.75, 3.05) is 14.2 Å². The average Bonchev–Trinajstić information content (AvgIpc) is 3.01. The van der Waals surface area contributed by atoms with Gasteiger partial charge in [-0.3, -0.25) is 0 Å². The summed E-state index contributed by atoms with van der Waals surface area (Å²) >= 11 is 1.56. The van der Waals surface area contributed by atoms with Gasteiger partial charge in [0.05, 0.1) is 36.1 Å². The van der Waals surface area contributed by atoms with Gasteiger partial charge in [0.15, 0.2) is 11.5 Å². The van der Waals surface area contributed by atoms with Crippen molar-refractivity contribution in [3.8, 4) is 17.6 Å². The molecule has 114 valence electrons. The second-order valence-corrected chi connectivity index (χ2v) is 5.82. The Labute approximate surface area is 138 Å². The highest BCUT2D eigenvalue weighted by molar-refractivity contribution is 7.19. The van der Waals surface area contributed by atoms with E-state index in [1.807, 2.05) is 30.3 Å². The third-order valence-electron chi connectivity index (χ3n) is 3.39. The zero-order valence-corrected chi connectivity index (χ0v) is 13.6. The fraction of sp³-hybridized carbons (Fsp3) is 0.111. The van der Waals surface area contributed by atoms with Crippen molar-refractivity contribution in [2.45, 2.75) is 0 Å². The molecule has 0 aliphatic carbocycles. The number of ether oxygens (including phenoxy) is 2. The van der Waals surface area contributed by atoms with Gasteiger partial charge in [-0.15, -0.1) is 11.3 Å². The van der Waals surface area contributed by atoms with Crippen LogP contribution in [0.5, 0.6) is 11.5 Å². The average molecular weight is 322 g/mol. The minimum absolute atomic E-state index is 0.532. The van der Waals surface area contributed by atoms with Gasteiger partial charge in [-0.1, -0.05) is 12.1 Å². The summed E-state index contributed by atoms with van der Waals surface area (Å²) in [7, 11) is 3.16. The topological polar surface area (TPSA) is 55.1 Å². The number of nitriles is 1. The van der Waals surface area contributed by atoms with Crippen molar-refractivity contribution < 1.29 is 9.47 Å². The lowest BCUT2D eigenvalue weighted by molar-refractivity contribution is 0.355. The second-order valence-electron chi connectivity index (χ2n) is 4.76. The van der Waals surface area contributed by atoms with Gasteiger partial charge in [-0.2, -0.15) is 5.26 Å². The summed E-state index contributed by atoms with van der Waals surface area (Å²) in [6.07, 6.45) is 1.80. The van der Waals surface area contributed by atoms with Crippen LogP contribution in [0, 0.1) is 11.3 Å². The van der Waals surface area contributed by atoms with Crippen molar-refractivity contribution in [3.63, 3.8) is 0 Å². The van der Waals surface area contributed by atoms with Gasteiger partial charge < -0.3 is 9.47 Å². The Balaban J connectivity index is 2.03. The Morgan fingerprint density at radius 3 is 2.61 bits per heavy atom. The molecule has 2 aromatic carbocycles. The van der Waals surface area contributed by atoms with Gasteiger partial charge in [0.2, 0.25) is 0 Å². The summed E-state index contributed by atoms with van der Waals surface area (Å²) in [5, 5.41) is 10.3. The molecule has 0 saturated carbocycles. The minimum atomic E-state index is 0.532. The third kappa shape index (κ3) is 3.03. The van der Waals surface area contributed by atoms with Crippen LogP contribution in [0.4, 0.5) is 0 Å². The Hall–Kier alpha value is -2.84. The van der Waals surface area contributed by atoms with Gasteiger partial charge in [0.25, 0.3) is 0 Å². The lowest BCUT2D eigenvalue weighted by Gasteiger charge is -2.08. The SMILES string of the molecule is COc1ccc(/C(C#N)=C/c2nc3ccccc3s2)cc1OC. The van der Waals surface area contributed by atoms with E-state index in [2.05, 4.69) is 11.1 Å². The van der Waals surface area contributed by atoms with Gasteiger partial charge in [-0.25, -0.2) is 4.98 Å². The summed E-state index contributed by atoms with van der Waals surface area (Å²) in [6, 6.07) is 15.6. The molecule has 0 aliphatic rings. The number of benzene rings is 2. The lowest BCUT2D eigenvalue weighted by atomic mass is 10.1. The maximum Gasteiger partial charge on any atom is 0.161 e. The number of hydrogen-bond donors (Lipinski definition) is 0. The van der Waals surface area contributed by atoms with Gasteiger partial charge in [0.1, 0.15) is 5.01 Å². The van der Waals surface area contributed by atoms with Crippen molar-refractivity contribution in [3.05, 3.63) is 53.0 Å². The van der Waals surface area contributed by atoms with Gasteiger partial charge in [0, 0.05) is 0 Å². The first kappa shape index (κ1) is 15.1. The van der Waals surface area contributed by atoms with Crippen LogP contribution in [0.3, 0.4) is 0 Å². The van der Waals surface area contributed by atoms with Crippen LogP contribution in [-0.4, -0.2) is 19.2 Å². The summed E-state index contributed by atoms with van der Waals surface area (Å²) in [4.78, 5) is 4.54. The third-order valence-corrected chi connectivity index (χ3v) is 4.38. The summed E-state index contributed by atoms with van der Waals surface area (Å²) < 4.78 is 11.6. The maximum absolute atomic E-state index is 9.49. The smallest absolute Gasteiger partial charge is 0.161 e. The molecule has 1 aromatic heterocycles. The van der Waals surface area contributed by atoms with E-state index in [-0.39, 0.29) is 0 Å². The number of fused-ring (bicyclic) bond motifs is 1. The minimum Gasteiger partial charge on any atom is -0.493 e. The maximum atomic E-state index is 9.49. The van der Waals surface area contributed by atoms with E-state index in [0.29, 0.717) is 17.1 Å². The predicted molar refractivity (Wildman–Crippen MR) is 92.7 cm³/mol. The summed E-state index contributed by atoms with van der Waals surface area (Å²) in [5.74, 6) is 1.23. The first-order valence-electron chi connectivity index (χ1n) is 6.95. The van der Waals surface area contributed by atoms with E-state index in [0.717, 1.165) is 20.8 Å². The molecule has 0 fully saturated rings. The van der Waals surface area contributed by atoms with Crippen LogP contribution in [0.1, 0.15) is 10.6 Å². The van der Waals surface area contributed by atoms with Crippen LogP contribution >= 0.6 is 11.3 Å². The number of nitrogens with zero attached hydrogens (tertiary/aromatic N) is 2. The number of rotatable bonds is 4. The molecule has 0 amide bonds. The number of allylic oxidation sites excluding steroid dienone is 1. The van der Waals surface area contributed by atoms with Crippen molar-refractivity contribution in [2.24, 2.45) is 0 Å². The molecule has 0 radical (unpaired) electrons. The zero-order chi connectivity index (χ0) is 16.2. The number of thiazole rings is 1. The van der Waals surface area contributed by atoms with E-state index in [9.17, 15) is 5.26 Å². The van der Waals surface area contributed by atoms with Crippen LogP contribution in [0.25, 0.3) is 21.9 Å². The molecule has 3 aromatic rings. The Bertz CT molecular complexity index is 889. The van der Waals surface area contributed by atoms with Crippen LogP contribution in [-0.2, 0) is 0 Å². The van der Waals surface area contributed by atoms with Crippen LogP contribution in [0.15, 0.2) is 42.5 Å². The number of aromatic nitrogens is 1. The van der Waals surface area contributed by atoms with Gasteiger partial charge >= 0.3 is 0 Å². The molecule has 0 spiro atoms. The predicted octanol–water partition coefficient (Wildman–Crippen LogP) is 4.38. The molecule has 0 bridgehead atoms. The quantitative estimate of drug-likeness (QED) is 0.669. The Morgan fingerprint density at radius 1 is 1.13 bits per heavy atom. The molecule has 0 unspecified atom stereocenters. The van der Waals surface area contributed by atoms with Crippen molar-refractivity contribution in [1.29, 1.82) is 5.26 Å². The van der Waals surface area contributed by atoms with E-state index in [1.54, 1.807) is 43.8 Å². The van der Waals surface area contributed by atoms with Crippen LogP contribution in [0.2, 0.25) is 0 Å². The highest BCUT2D eigenvalue weighted by Crippen LogP contribution is 2.31. The Morgan fingerprint density at radius 2 is 1.91 bits per heavy atom. The molecule has 0 atom stereocenters. The van der Waals surface area contributed by atoms with Crippen molar-refractivity contribution >= 4 is 33.2 Å². The molecule has 3 rings (SSSR count). The summed E-state index contributed by atoms with van der Waals surface area (Å²) in [5.41, 5.74) is 2.24. The number of hydrogen-bond acceptors (Lipinski definition) is 5. The molecule has 1 heterocycles. The highest BCUT2D eigenvalue weighted by atomic mass is 32.1. The fourth-order valence-corrected chi connectivity index (χ4v) is 3.17. The second kappa shape index (κ2) is 6.51. The largest absolute Gasteiger partial charge is 0.493 e. The molecule has 23 heavy (non-hydrogen) atoms. The van der Waals surface area contributed by atoms with Crippen LogP contribution < -0.4 is 9.47 Å². The van der Waals surface area contributed by atoms with E-state index >= 15 is 0 Å². The first-order valence-corrected chi connectivity index (χ1v) is 7.76. The summed E-state index contributed by atoms with van der Waals surface area (Å²) in [6.45, 7) is 0. The number of para-hydroxylation sites is 1.